The molecule has 0 saturated carbocycles. The fourth-order valence-corrected chi connectivity index (χ4v) is 3.10. The molecule has 0 spiro atoms. The van der Waals surface area contributed by atoms with Crippen LogP contribution in [0.4, 0.5) is 5.69 Å². The van der Waals surface area contributed by atoms with E-state index >= 15 is 0 Å². The van der Waals surface area contributed by atoms with E-state index in [2.05, 4.69) is 67.4 Å². The molecule has 2 rings (SSSR count). The molecular weight excluding hydrogens is 264 g/mol. The Morgan fingerprint density at radius 1 is 1.15 bits per heavy atom. The summed E-state index contributed by atoms with van der Waals surface area (Å²) in [4.78, 5) is 3.83. The van der Waals surface area contributed by atoms with E-state index in [0.717, 1.165) is 13.0 Å². The maximum absolute atomic E-state index is 6.28. The van der Waals surface area contributed by atoms with Gasteiger partial charge in [-0.05, 0) is 43.3 Å². The van der Waals surface area contributed by atoms with E-state index in [0.29, 0.717) is 6.04 Å². The number of hydrogen-bond donors (Lipinski definition) is 1. The van der Waals surface area contributed by atoms with Crippen LogP contribution < -0.4 is 10.6 Å². The van der Waals surface area contributed by atoms with Gasteiger partial charge in [0.2, 0.25) is 0 Å². The molecule has 3 heteroatoms. The number of anilines is 1. The van der Waals surface area contributed by atoms with E-state index in [-0.39, 0.29) is 6.04 Å². The monoisotopic (exact) mass is 288 g/mol. The Morgan fingerprint density at radius 2 is 1.90 bits per heavy atom. The zero-order valence-electron chi connectivity index (χ0n) is 12.5. The summed E-state index contributed by atoms with van der Waals surface area (Å²) < 4.78 is 0. The summed E-state index contributed by atoms with van der Waals surface area (Å²) >= 11 is 1.81. The molecule has 0 unspecified atom stereocenters. The standard InChI is InChI=1S/C17H24N2S/c1-4-16(18)15-9-5-6-10-17(15)19(13(2)3)12-14-8-7-11-20-14/h5-11,13,16H,4,12,18H2,1-3H3/t16-/m0/s1. The predicted octanol–water partition coefficient (Wildman–Crippen LogP) is 4.57. The van der Waals surface area contributed by atoms with Crippen molar-refractivity contribution < 1.29 is 0 Å². The molecule has 108 valence electrons. The minimum Gasteiger partial charge on any atom is -0.364 e. The zero-order valence-corrected chi connectivity index (χ0v) is 13.4. The highest BCUT2D eigenvalue weighted by Crippen LogP contribution is 2.30. The van der Waals surface area contributed by atoms with Crippen molar-refractivity contribution in [2.45, 2.75) is 45.8 Å². The van der Waals surface area contributed by atoms with E-state index in [4.69, 9.17) is 5.73 Å². The van der Waals surface area contributed by atoms with E-state index in [1.165, 1.54) is 16.1 Å². The van der Waals surface area contributed by atoms with E-state index < -0.39 is 0 Å². The fraction of sp³-hybridized carbons (Fsp3) is 0.412. The summed E-state index contributed by atoms with van der Waals surface area (Å²) in [6.07, 6.45) is 0.960. The van der Waals surface area contributed by atoms with E-state index in [1.807, 2.05) is 11.3 Å². The van der Waals surface area contributed by atoms with Gasteiger partial charge in [0.1, 0.15) is 0 Å². The van der Waals surface area contributed by atoms with Gasteiger partial charge < -0.3 is 10.6 Å². The molecule has 0 fully saturated rings. The number of rotatable bonds is 6. The average Bonchev–Trinajstić information content (AvgIpc) is 2.96. The average molecular weight is 288 g/mol. The third kappa shape index (κ3) is 3.41. The third-order valence-electron chi connectivity index (χ3n) is 3.62. The molecule has 0 aliphatic heterocycles. The summed E-state index contributed by atoms with van der Waals surface area (Å²) in [6.45, 7) is 7.56. The van der Waals surface area contributed by atoms with Crippen molar-refractivity contribution in [2.24, 2.45) is 5.73 Å². The normalized spacial score (nSPS) is 12.7. The fourth-order valence-electron chi connectivity index (χ4n) is 2.40. The quantitative estimate of drug-likeness (QED) is 0.843. The topological polar surface area (TPSA) is 29.3 Å². The van der Waals surface area contributed by atoms with Crippen LogP contribution in [0, 0.1) is 0 Å². The summed E-state index contributed by atoms with van der Waals surface area (Å²) in [7, 11) is 0. The molecule has 0 amide bonds. The van der Waals surface area contributed by atoms with Crippen LogP contribution >= 0.6 is 11.3 Å². The highest BCUT2D eigenvalue weighted by atomic mass is 32.1. The minimum atomic E-state index is 0.107. The molecule has 0 aliphatic rings. The first-order chi connectivity index (χ1) is 9.63. The van der Waals surface area contributed by atoms with Crippen LogP contribution in [0.15, 0.2) is 41.8 Å². The SMILES string of the molecule is CC[C@H](N)c1ccccc1N(Cc1cccs1)C(C)C. The van der Waals surface area contributed by atoms with E-state index in [1.54, 1.807) is 0 Å². The second-order valence-corrected chi connectivity index (χ2v) is 6.41. The van der Waals surface area contributed by atoms with Crippen molar-refractivity contribution in [1.29, 1.82) is 0 Å². The van der Waals surface area contributed by atoms with Gasteiger partial charge in [0.25, 0.3) is 0 Å². The minimum absolute atomic E-state index is 0.107. The Morgan fingerprint density at radius 3 is 2.50 bits per heavy atom. The highest BCUT2D eigenvalue weighted by molar-refractivity contribution is 7.09. The molecule has 0 aliphatic carbocycles. The molecule has 1 heterocycles. The molecule has 20 heavy (non-hydrogen) atoms. The van der Waals surface area contributed by atoms with Crippen molar-refractivity contribution in [3.8, 4) is 0 Å². The lowest BCUT2D eigenvalue weighted by molar-refractivity contribution is 0.657. The molecule has 0 saturated heterocycles. The van der Waals surface area contributed by atoms with Gasteiger partial charge in [-0.3, -0.25) is 0 Å². The van der Waals surface area contributed by atoms with Crippen LogP contribution in [0.25, 0.3) is 0 Å². The lowest BCUT2D eigenvalue weighted by Gasteiger charge is -2.31. The van der Waals surface area contributed by atoms with Gasteiger partial charge in [-0.25, -0.2) is 0 Å². The second-order valence-electron chi connectivity index (χ2n) is 5.37. The Bertz CT molecular complexity index is 520. The zero-order chi connectivity index (χ0) is 14.5. The van der Waals surface area contributed by atoms with Crippen molar-refractivity contribution in [2.75, 3.05) is 4.90 Å². The van der Waals surface area contributed by atoms with E-state index in [9.17, 15) is 0 Å². The molecule has 2 nitrogen and oxygen atoms in total. The molecule has 2 N–H and O–H groups in total. The lowest BCUT2D eigenvalue weighted by Crippen LogP contribution is -2.31. The lowest BCUT2D eigenvalue weighted by atomic mass is 10.0. The largest absolute Gasteiger partial charge is 0.364 e. The first-order valence-corrected chi connectivity index (χ1v) is 8.15. The first kappa shape index (κ1) is 15.1. The predicted molar refractivity (Wildman–Crippen MR) is 89.3 cm³/mol. The third-order valence-corrected chi connectivity index (χ3v) is 4.48. The number of nitrogens with zero attached hydrogens (tertiary/aromatic N) is 1. The van der Waals surface area contributed by atoms with Crippen molar-refractivity contribution in [3.63, 3.8) is 0 Å². The molecule has 0 radical (unpaired) electrons. The second kappa shape index (κ2) is 6.91. The van der Waals surface area contributed by atoms with Gasteiger partial charge in [0.05, 0.1) is 6.54 Å². The van der Waals surface area contributed by atoms with Crippen molar-refractivity contribution in [3.05, 3.63) is 52.2 Å². The van der Waals surface area contributed by atoms with Crippen molar-refractivity contribution in [1.82, 2.24) is 0 Å². The Labute approximate surface area is 126 Å². The maximum atomic E-state index is 6.28. The summed E-state index contributed by atoms with van der Waals surface area (Å²) in [5, 5.41) is 2.14. The van der Waals surface area contributed by atoms with Gasteiger partial charge in [-0.15, -0.1) is 11.3 Å². The first-order valence-electron chi connectivity index (χ1n) is 7.27. The number of hydrogen-bond acceptors (Lipinski definition) is 3. The Hall–Kier alpha value is -1.32. The van der Waals surface area contributed by atoms with Crippen molar-refractivity contribution >= 4 is 17.0 Å². The highest BCUT2D eigenvalue weighted by Gasteiger charge is 2.17. The summed E-state index contributed by atoms with van der Waals surface area (Å²) in [6, 6.07) is 13.4. The molecule has 1 aromatic heterocycles. The number of nitrogens with two attached hydrogens (primary N) is 1. The maximum Gasteiger partial charge on any atom is 0.0525 e. The van der Waals surface area contributed by atoms with Crippen LogP contribution in [0.3, 0.4) is 0 Å². The van der Waals surface area contributed by atoms with Crippen LogP contribution in [0.5, 0.6) is 0 Å². The number of benzene rings is 1. The van der Waals surface area contributed by atoms with Crippen LogP contribution in [0.2, 0.25) is 0 Å². The van der Waals surface area contributed by atoms with Gasteiger partial charge >= 0.3 is 0 Å². The van der Waals surface area contributed by atoms with Gasteiger partial charge in [-0.2, -0.15) is 0 Å². The molecule has 0 bridgehead atoms. The van der Waals surface area contributed by atoms with Gasteiger partial charge in [-0.1, -0.05) is 31.2 Å². The van der Waals surface area contributed by atoms with Gasteiger partial charge in [0.15, 0.2) is 0 Å². The number of thiophene rings is 1. The van der Waals surface area contributed by atoms with Crippen LogP contribution in [-0.4, -0.2) is 6.04 Å². The molecule has 1 aromatic carbocycles. The smallest absolute Gasteiger partial charge is 0.0525 e. The molecular formula is C17H24N2S. The van der Waals surface area contributed by atoms with Crippen LogP contribution in [0.1, 0.15) is 43.7 Å². The Kier molecular flexibility index (Phi) is 5.21. The summed E-state index contributed by atoms with van der Waals surface area (Å²) in [5.41, 5.74) is 8.80. The van der Waals surface area contributed by atoms with Crippen LogP contribution in [-0.2, 0) is 6.54 Å². The summed E-state index contributed by atoms with van der Waals surface area (Å²) in [5.74, 6) is 0. The molecule has 2 aromatic rings. The number of para-hydroxylation sites is 1. The Balaban J connectivity index is 2.34. The van der Waals surface area contributed by atoms with Gasteiger partial charge in [0, 0.05) is 22.6 Å². The molecule has 1 atom stereocenters.